The third-order valence-corrected chi connectivity index (χ3v) is 5.34. The molecule has 0 unspecified atom stereocenters. The monoisotopic (exact) mass is 463 g/mol. The summed E-state index contributed by atoms with van der Waals surface area (Å²) in [6, 6.07) is 10.5. The minimum Gasteiger partial charge on any atom is -0.293 e. The van der Waals surface area contributed by atoms with Gasteiger partial charge >= 0.3 is 11.4 Å². The molecule has 0 spiro atoms. The van der Waals surface area contributed by atoms with Gasteiger partial charge in [-0.15, -0.1) is 0 Å². The summed E-state index contributed by atoms with van der Waals surface area (Å²) >= 11 is 0. The molecular weight excluding hydrogens is 447 g/mol. The summed E-state index contributed by atoms with van der Waals surface area (Å²) in [7, 11) is 0. The number of aryl methyl sites for hydroxylation is 1. The highest BCUT2D eigenvalue weighted by Gasteiger charge is 2.19. The maximum absolute atomic E-state index is 13.9. The van der Waals surface area contributed by atoms with Crippen LogP contribution in [0.25, 0.3) is 22.4 Å². The van der Waals surface area contributed by atoms with E-state index in [2.05, 4.69) is 9.97 Å². The first kappa shape index (κ1) is 21.4. The summed E-state index contributed by atoms with van der Waals surface area (Å²) in [4.78, 5) is 34.6. The van der Waals surface area contributed by atoms with E-state index in [4.69, 9.17) is 0 Å². The van der Waals surface area contributed by atoms with Crippen LogP contribution in [-0.2, 0) is 6.54 Å². The van der Waals surface area contributed by atoms with Gasteiger partial charge in [0.15, 0.2) is 17.5 Å². The van der Waals surface area contributed by atoms with Gasteiger partial charge in [-0.2, -0.15) is 4.98 Å². The highest BCUT2D eigenvalue weighted by Crippen LogP contribution is 2.19. The number of pyridine rings is 1. The fourth-order valence-electron chi connectivity index (χ4n) is 3.78. The molecular formula is C24H16F3N5O2. The molecule has 0 bridgehead atoms. The number of rotatable bonds is 4. The van der Waals surface area contributed by atoms with Gasteiger partial charge in [-0.05, 0) is 47.0 Å². The van der Waals surface area contributed by atoms with Gasteiger partial charge in [-0.1, -0.05) is 24.3 Å². The third-order valence-electron chi connectivity index (χ3n) is 5.34. The topological polar surface area (TPSA) is 74.7 Å². The van der Waals surface area contributed by atoms with Crippen LogP contribution in [0.2, 0.25) is 0 Å². The first-order chi connectivity index (χ1) is 16.3. The summed E-state index contributed by atoms with van der Waals surface area (Å²) in [5.41, 5.74) is -0.773. The molecule has 5 aromatic rings. The predicted octanol–water partition coefficient (Wildman–Crippen LogP) is 3.51. The Balaban J connectivity index is 1.77. The Labute approximate surface area is 190 Å². The van der Waals surface area contributed by atoms with Crippen LogP contribution in [-0.4, -0.2) is 23.7 Å². The van der Waals surface area contributed by atoms with Crippen molar-refractivity contribution in [3.8, 4) is 11.6 Å². The summed E-state index contributed by atoms with van der Waals surface area (Å²) in [6.07, 6.45) is 6.25. The largest absolute Gasteiger partial charge is 0.359 e. The van der Waals surface area contributed by atoms with Gasteiger partial charge in [-0.3, -0.25) is 14.1 Å². The molecule has 34 heavy (non-hydrogen) atoms. The lowest BCUT2D eigenvalue weighted by molar-refractivity contribution is 0.444. The van der Waals surface area contributed by atoms with Crippen molar-refractivity contribution in [2.75, 3.05) is 0 Å². The molecule has 5 rings (SSSR count). The van der Waals surface area contributed by atoms with Crippen LogP contribution in [0.3, 0.4) is 0 Å². The molecule has 0 saturated heterocycles. The molecule has 0 radical (unpaired) electrons. The fourth-order valence-corrected chi connectivity index (χ4v) is 3.78. The molecule has 0 aliphatic carbocycles. The molecule has 0 saturated carbocycles. The summed E-state index contributed by atoms with van der Waals surface area (Å²) in [5, 5.41) is 1.66. The molecule has 0 aliphatic heterocycles. The fraction of sp³-hybridized carbons (Fsp3) is 0.0833. The van der Waals surface area contributed by atoms with Crippen LogP contribution in [0, 0.1) is 24.4 Å². The molecule has 3 aromatic heterocycles. The number of fused-ring (bicyclic) bond motifs is 1. The molecule has 0 atom stereocenters. The van der Waals surface area contributed by atoms with E-state index < -0.39 is 28.8 Å². The van der Waals surface area contributed by atoms with Crippen LogP contribution < -0.4 is 11.4 Å². The second-order valence-electron chi connectivity index (χ2n) is 7.79. The molecule has 2 aromatic carbocycles. The minimum absolute atomic E-state index is 0.0224. The van der Waals surface area contributed by atoms with Gasteiger partial charge in [0.2, 0.25) is 5.95 Å². The van der Waals surface area contributed by atoms with E-state index in [0.717, 1.165) is 32.0 Å². The first-order valence-corrected chi connectivity index (χ1v) is 10.2. The van der Waals surface area contributed by atoms with E-state index in [1.165, 1.54) is 10.8 Å². The highest BCUT2D eigenvalue weighted by molar-refractivity contribution is 5.82. The van der Waals surface area contributed by atoms with Gasteiger partial charge in [0, 0.05) is 18.6 Å². The second-order valence-corrected chi connectivity index (χ2v) is 7.79. The van der Waals surface area contributed by atoms with Crippen molar-refractivity contribution in [1.82, 2.24) is 23.7 Å². The molecule has 0 fully saturated rings. The minimum atomic E-state index is -1.61. The first-order valence-electron chi connectivity index (χ1n) is 10.2. The Hall–Kier alpha value is -4.47. The van der Waals surface area contributed by atoms with E-state index in [-0.39, 0.29) is 23.7 Å². The standard InChI is InChI=1S/C24H16F3N5O2/c1-14-6-18(10-28-9-14)32-23(33)29-22(30-12-16-4-2-3-5-17(16)13-30)31(24(32)34)11-15-7-19(25)21(27)20(26)8-15/h2-10,12-13H,11H2,1H3. The van der Waals surface area contributed by atoms with Crippen molar-refractivity contribution in [3.63, 3.8) is 0 Å². The van der Waals surface area contributed by atoms with Crippen LogP contribution in [0.5, 0.6) is 0 Å². The Bertz CT molecular complexity index is 1630. The molecule has 170 valence electrons. The van der Waals surface area contributed by atoms with Gasteiger partial charge in [0.25, 0.3) is 0 Å². The van der Waals surface area contributed by atoms with E-state index >= 15 is 0 Å². The molecule has 3 heterocycles. The van der Waals surface area contributed by atoms with Crippen LogP contribution in [0.4, 0.5) is 13.2 Å². The summed E-state index contributed by atoms with van der Waals surface area (Å²) in [6.45, 7) is 1.38. The van der Waals surface area contributed by atoms with E-state index in [0.29, 0.717) is 5.56 Å². The van der Waals surface area contributed by atoms with Crippen molar-refractivity contribution in [2.45, 2.75) is 13.5 Å². The van der Waals surface area contributed by atoms with Gasteiger partial charge in [-0.25, -0.2) is 27.3 Å². The van der Waals surface area contributed by atoms with Crippen LogP contribution in [0.15, 0.2) is 76.8 Å². The zero-order valence-electron chi connectivity index (χ0n) is 17.7. The average Bonchev–Trinajstić information content (AvgIpc) is 3.23. The lowest BCUT2D eigenvalue weighted by Crippen LogP contribution is -2.42. The normalized spacial score (nSPS) is 11.3. The van der Waals surface area contributed by atoms with Crippen molar-refractivity contribution in [2.24, 2.45) is 0 Å². The number of nitrogens with zero attached hydrogens (tertiary/aromatic N) is 5. The third kappa shape index (κ3) is 3.68. The number of hydrogen-bond acceptors (Lipinski definition) is 4. The van der Waals surface area contributed by atoms with E-state index in [1.54, 1.807) is 31.6 Å². The molecule has 0 amide bonds. The van der Waals surface area contributed by atoms with Crippen LogP contribution >= 0.6 is 0 Å². The quantitative estimate of drug-likeness (QED) is 0.383. The predicted molar refractivity (Wildman–Crippen MR) is 119 cm³/mol. The van der Waals surface area contributed by atoms with Gasteiger partial charge in [0.1, 0.15) is 0 Å². The molecule has 10 heteroatoms. The zero-order chi connectivity index (χ0) is 24.0. The van der Waals surface area contributed by atoms with Crippen molar-refractivity contribution in [1.29, 1.82) is 0 Å². The maximum Gasteiger partial charge on any atom is 0.359 e. The van der Waals surface area contributed by atoms with Crippen molar-refractivity contribution < 1.29 is 13.2 Å². The number of benzene rings is 2. The second kappa shape index (κ2) is 8.14. The Morgan fingerprint density at radius 2 is 1.56 bits per heavy atom. The Morgan fingerprint density at radius 3 is 2.18 bits per heavy atom. The lowest BCUT2D eigenvalue weighted by Gasteiger charge is -2.15. The van der Waals surface area contributed by atoms with Crippen molar-refractivity contribution in [3.05, 3.63) is 117 Å². The number of aromatic nitrogens is 5. The molecule has 0 aliphatic rings. The van der Waals surface area contributed by atoms with Crippen LogP contribution in [0.1, 0.15) is 11.1 Å². The van der Waals surface area contributed by atoms with Gasteiger partial charge < -0.3 is 0 Å². The van der Waals surface area contributed by atoms with E-state index in [1.807, 2.05) is 24.3 Å². The summed E-state index contributed by atoms with van der Waals surface area (Å²) < 4.78 is 44.6. The number of hydrogen-bond donors (Lipinski definition) is 0. The molecule has 7 nitrogen and oxygen atoms in total. The van der Waals surface area contributed by atoms with Gasteiger partial charge in [0.05, 0.1) is 18.4 Å². The Kier molecular flexibility index (Phi) is 5.12. The average molecular weight is 463 g/mol. The summed E-state index contributed by atoms with van der Waals surface area (Å²) in [5.74, 6) is -4.45. The van der Waals surface area contributed by atoms with E-state index in [9.17, 15) is 22.8 Å². The zero-order valence-corrected chi connectivity index (χ0v) is 17.7. The smallest absolute Gasteiger partial charge is 0.293 e. The number of halogens is 3. The van der Waals surface area contributed by atoms with Crippen molar-refractivity contribution >= 4 is 10.8 Å². The lowest BCUT2D eigenvalue weighted by atomic mass is 10.2. The highest BCUT2D eigenvalue weighted by atomic mass is 19.2. The SMILES string of the molecule is Cc1cncc(-n2c(=O)nc(-n3cc4ccccc4c3)n(Cc3cc(F)c(F)c(F)c3)c2=O)c1. The maximum atomic E-state index is 13.9. The Morgan fingerprint density at radius 1 is 0.912 bits per heavy atom. The molecule has 0 N–H and O–H groups in total.